The number of aliphatic imine (C=N–C) groups is 1. The molecule has 0 radical (unpaired) electrons. The Balaban J connectivity index is 0.00000288. The van der Waals surface area contributed by atoms with Gasteiger partial charge in [0.05, 0.1) is 0 Å². The first-order valence-corrected chi connectivity index (χ1v) is 8.62. The zero-order valence-corrected chi connectivity index (χ0v) is 17.1. The van der Waals surface area contributed by atoms with E-state index < -0.39 is 0 Å². The Bertz CT molecular complexity index is 463. The van der Waals surface area contributed by atoms with Crippen LogP contribution in [-0.4, -0.2) is 68.3 Å². The van der Waals surface area contributed by atoms with Crippen molar-refractivity contribution in [1.82, 2.24) is 15.2 Å². The van der Waals surface area contributed by atoms with E-state index in [4.69, 9.17) is 9.73 Å². The molecular formula is C17H30IN5O. The van der Waals surface area contributed by atoms with Crippen LogP contribution in [0.4, 0.5) is 5.82 Å². The van der Waals surface area contributed by atoms with Crippen LogP contribution in [0.25, 0.3) is 0 Å². The molecule has 1 aromatic heterocycles. The molecular weight excluding hydrogens is 417 g/mol. The van der Waals surface area contributed by atoms with Gasteiger partial charge in [0, 0.05) is 58.7 Å². The molecule has 0 aromatic carbocycles. The average Bonchev–Trinajstić information content (AvgIpc) is 2.61. The smallest absolute Gasteiger partial charge is 0.194 e. The zero-order valence-electron chi connectivity index (χ0n) is 14.8. The number of halogens is 1. The zero-order chi connectivity index (χ0) is 16.3. The molecule has 136 valence electrons. The molecule has 1 aliphatic rings. The third-order valence-corrected chi connectivity index (χ3v) is 3.80. The van der Waals surface area contributed by atoms with Gasteiger partial charge in [0.1, 0.15) is 5.82 Å². The van der Waals surface area contributed by atoms with E-state index >= 15 is 0 Å². The van der Waals surface area contributed by atoms with Gasteiger partial charge in [-0.25, -0.2) is 4.98 Å². The second kappa shape index (κ2) is 12.3. The maximum Gasteiger partial charge on any atom is 0.194 e. The van der Waals surface area contributed by atoms with Crippen LogP contribution in [0.2, 0.25) is 0 Å². The quantitative estimate of drug-likeness (QED) is 0.301. The maximum absolute atomic E-state index is 5.37. The van der Waals surface area contributed by atoms with Crippen LogP contribution in [0.15, 0.2) is 29.4 Å². The normalized spacial score (nSPS) is 15.2. The van der Waals surface area contributed by atoms with E-state index in [0.717, 1.165) is 70.7 Å². The summed E-state index contributed by atoms with van der Waals surface area (Å²) in [5, 5.41) is 3.40. The Morgan fingerprint density at radius 1 is 1.25 bits per heavy atom. The van der Waals surface area contributed by atoms with Crippen molar-refractivity contribution in [2.45, 2.75) is 20.3 Å². The Hall–Kier alpha value is -1.09. The SMILES string of the molecule is CCNC(=NCCCOCC)N1CCN(c2ccccn2)CC1.I. The highest BCUT2D eigenvalue weighted by molar-refractivity contribution is 14.0. The summed E-state index contributed by atoms with van der Waals surface area (Å²) in [6, 6.07) is 6.07. The van der Waals surface area contributed by atoms with E-state index in [0.29, 0.717) is 0 Å². The Morgan fingerprint density at radius 3 is 2.67 bits per heavy atom. The van der Waals surface area contributed by atoms with Gasteiger partial charge in [0.2, 0.25) is 0 Å². The van der Waals surface area contributed by atoms with Gasteiger partial charge < -0.3 is 19.9 Å². The van der Waals surface area contributed by atoms with Crippen molar-refractivity contribution in [2.24, 2.45) is 4.99 Å². The van der Waals surface area contributed by atoms with E-state index in [1.54, 1.807) is 0 Å². The highest BCUT2D eigenvalue weighted by atomic mass is 127. The number of anilines is 1. The number of hydrogen-bond donors (Lipinski definition) is 1. The minimum Gasteiger partial charge on any atom is -0.382 e. The summed E-state index contributed by atoms with van der Waals surface area (Å²) in [7, 11) is 0. The molecule has 0 bridgehead atoms. The van der Waals surface area contributed by atoms with Gasteiger partial charge >= 0.3 is 0 Å². The summed E-state index contributed by atoms with van der Waals surface area (Å²) in [5.41, 5.74) is 0. The van der Waals surface area contributed by atoms with E-state index in [1.807, 2.05) is 25.3 Å². The molecule has 6 nitrogen and oxygen atoms in total. The van der Waals surface area contributed by atoms with Gasteiger partial charge in [-0.05, 0) is 32.4 Å². The van der Waals surface area contributed by atoms with Crippen LogP contribution in [0.3, 0.4) is 0 Å². The predicted octanol–water partition coefficient (Wildman–Crippen LogP) is 2.21. The number of ether oxygens (including phenoxy) is 1. The number of pyridine rings is 1. The first-order valence-electron chi connectivity index (χ1n) is 8.62. The molecule has 0 saturated carbocycles. The summed E-state index contributed by atoms with van der Waals surface area (Å²) in [4.78, 5) is 13.8. The molecule has 0 unspecified atom stereocenters. The van der Waals surface area contributed by atoms with Crippen LogP contribution in [0.5, 0.6) is 0 Å². The van der Waals surface area contributed by atoms with Crippen LogP contribution >= 0.6 is 24.0 Å². The lowest BCUT2D eigenvalue weighted by Gasteiger charge is -2.37. The number of rotatable bonds is 7. The molecule has 2 rings (SSSR count). The lowest BCUT2D eigenvalue weighted by molar-refractivity contribution is 0.146. The summed E-state index contributed by atoms with van der Waals surface area (Å²) >= 11 is 0. The Morgan fingerprint density at radius 2 is 2.04 bits per heavy atom. The standard InChI is InChI=1S/C17H29N5O.HI/c1-3-18-17(20-10-7-15-23-4-2)22-13-11-21(12-14-22)16-8-5-6-9-19-16;/h5-6,8-9H,3-4,7,10-15H2,1-2H3,(H,18,20);1H. The monoisotopic (exact) mass is 447 g/mol. The van der Waals surface area contributed by atoms with Gasteiger partial charge in [0.25, 0.3) is 0 Å². The summed E-state index contributed by atoms with van der Waals surface area (Å²) in [6.45, 7) is 11.3. The molecule has 7 heteroatoms. The van der Waals surface area contributed by atoms with Crippen LogP contribution in [0.1, 0.15) is 20.3 Å². The molecule has 1 N–H and O–H groups in total. The van der Waals surface area contributed by atoms with Gasteiger partial charge in [-0.2, -0.15) is 0 Å². The fourth-order valence-electron chi connectivity index (χ4n) is 2.61. The second-order valence-electron chi connectivity index (χ2n) is 5.45. The van der Waals surface area contributed by atoms with Crippen molar-refractivity contribution in [3.63, 3.8) is 0 Å². The molecule has 0 atom stereocenters. The topological polar surface area (TPSA) is 53.0 Å². The van der Waals surface area contributed by atoms with Crippen molar-refractivity contribution in [2.75, 3.05) is 57.4 Å². The molecule has 0 spiro atoms. The van der Waals surface area contributed by atoms with Gasteiger partial charge in [-0.3, -0.25) is 4.99 Å². The Labute approximate surface area is 162 Å². The fourth-order valence-corrected chi connectivity index (χ4v) is 2.61. The molecule has 2 heterocycles. The third kappa shape index (κ3) is 6.80. The number of nitrogens with zero attached hydrogens (tertiary/aromatic N) is 4. The Kier molecular flexibility index (Phi) is 10.7. The molecule has 1 aromatic rings. The predicted molar refractivity (Wildman–Crippen MR) is 111 cm³/mol. The number of nitrogens with one attached hydrogen (secondary N) is 1. The van der Waals surface area contributed by atoms with Crippen LogP contribution < -0.4 is 10.2 Å². The van der Waals surface area contributed by atoms with Crippen molar-refractivity contribution >= 4 is 35.8 Å². The lowest BCUT2D eigenvalue weighted by atomic mass is 10.3. The number of hydrogen-bond acceptors (Lipinski definition) is 4. The number of piperazine rings is 1. The number of aromatic nitrogens is 1. The summed E-state index contributed by atoms with van der Waals surface area (Å²) < 4.78 is 5.37. The minimum absolute atomic E-state index is 0. The molecule has 1 fully saturated rings. The van der Waals surface area contributed by atoms with E-state index in [-0.39, 0.29) is 24.0 Å². The third-order valence-electron chi connectivity index (χ3n) is 3.80. The molecule has 0 aliphatic carbocycles. The average molecular weight is 447 g/mol. The molecule has 1 aliphatic heterocycles. The second-order valence-corrected chi connectivity index (χ2v) is 5.45. The first-order chi connectivity index (χ1) is 11.3. The van der Waals surface area contributed by atoms with Crippen molar-refractivity contribution in [3.8, 4) is 0 Å². The van der Waals surface area contributed by atoms with Crippen molar-refractivity contribution in [1.29, 1.82) is 0 Å². The van der Waals surface area contributed by atoms with Crippen molar-refractivity contribution < 1.29 is 4.74 Å². The van der Waals surface area contributed by atoms with E-state index in [2.05, 4.69) is 33.1 Å². The van der Waals surface area contributed by atoms with E-state index in [9.17, 15) is 0 Å². The van der Waals surface area contributed by atoms with Crippen LogP contribution in [0, 0.1) is 0 Å². The maximum atomic E-state index is 5.37. The van der Waals surface area contributed by atoms with Gasteiger partial charge in [-0.1, -0.05) is 6.07 Å². The summed E-state index contributed by atoms with van der Waals surface area (Å²) in [5.74, 6) is 2.08. The van der Waals surface area contributed by atoms with E-state index in [1.165, 1.54) is 0 Å². The number of guanidine groups is 1. The lowest BCUT2D eigenvalue weighted by Crippen LogP contribution is -2.52. The first kappa shape index (κ1) is 21.0. The molecule has 1 saturated heterocycles. The molecule has 24 heavy (non-hydrogen) atoms. The highest BCUT2D eigenvalue weighted by Gasteiger charge is 2.20. The van der Waals surface area contributed by atoms with Gasteiger partial charge in [0.15, 0.2) is 5.96 Å². The highest BCUT2D eigenvalue weighted by Crippen LogP contribution is 2.12. The van der Waals surface area contributed by atoms with Crippen molar-refractivity contribution in [3.05, 3.63) is 24.4 Å². The van der Waals surface area contributed by atoms with Gasteiger partial charge in [-0.15, -0.1) is 24.0 Å². The largest absolute Gasteiger partial charge is 0.382 e. The molecule has 0 amide bonds. The van der Waals surface area contributed by atoms with Crippen LogP contribution in [-0.2, 0) is 4.74 Å². The minimum atomic E-state index is 0. The summed E-state index contributed by atoms with van der Waals surface area (Å²) in [6.07, 6.45) is 2.82. The fraction of sp³-hybridized carbons (Fsp3) is 0.647.